The Labute approximate surface area is 170 Å². The second kappa shape index (κ2) is 8.19. The first kappa shape index (κ1) is 18.7. The van der Waals surface area contributed by atoms with Gasteiger partial charge in [-0.3, -0.25) is 25.8 Å². The number of nitro groups is 1. The summed E-state index contributed by atoms with van der Waals surface area (Å²) in [4.78, 5) is 35.5. The maximum atomic E-state index is 12.7. The van der Waals surface area contributed by atoms with Crippen molar-refractivity contribution in [2.75, 3.05) is 10.7 Å². The van der Waals surface area contributed by atoms with Crippen LogP contribution < -0.4 is 16.2 Å². The molecule has 10 nitrogen and oxygen atoms in total. The van der Waals surface area contributed by atoms with Gasteiger partial charge in [0.1, 0.15) is 12.1 Å². The molecule has 0 saturated heterocycles. The molecule has 148 valence electrons. The standard InChI is InChI=1S/C20H15N7O3/c28-20(15-9-5-7-13-6-1-2-8-14(13)15)26-25-19-17(27(29)30)18(22-12-23-19)24-16-10-3-4-11-21-16/h1-12H,(H,26,28)(H2,21,22,23,24,25). The van der Waals surface area contributed by atoms with Crippen molar-refractivity contribution in [3.63, 3.8) is 0 Å². The zero-order chi connectivity index (χ0) is 20.9. The molecule has 0 saturated carbocycles. The van der Waals surface area contributed by atoms with E-state index in [2.05, 4.69) is 31.1 Å². The summed E-state index contributed by atoms with van der Waals surface area (Å²) in [5, 5.41) is 16.1. The number of hydrazine groups is 1. The number of nitrogens with one attached hydrogen (secondary N) is 3. The van der Waals surface area contributed by atoms with Crippen molar-refractivity contribution < 1.29 is 9.72 Å². The largest absolute Gasteiger partial charge is 0.355 e. The minimum atomic E-state index is -0.641. The molecule has 4 rings (SSSR count). The number of pyridine rings is 1. The van der Waals surface area contributed by atoms with Crippen LogP contribution in [-0.4, -0.2) is 25.8 Å². The van der Waals surface area contributed by atoms with E-state index in [0.717, 1.165) is 17.1 Å². The molecule has 0 aliphatic carbocycles. The van der Waals surface area contributed by atoms with Crippen LogP contribution in [0.1, 0.15) is 10.4 Å². The van der Waals surface area contributed by atoms with E-state index in [1.165, 1.54) is 0 Å². The minimum absolute atomic E-state index is 0.0596. The zero-order valence-electron chi connectivity index (χ0n) is 15.4. The van der Waals surface area contributed by atoms with Crippen molar-refractivity contribution >= 4 is 39.8 Å². The van der Waals surface area contributed by atoms with Gasteiger partial charge in [-0.05, 0) is 29.0 Å². The number of nitrogens with zero attached hydrogens (tertiary/aromatic N) is 4. The number of aromatic nitrogens is 3. The summed E-state index contributed by atoms with van der Waals surface area (Å²) < 4.78 is 0. The lowest BCUT2D eigenvalue weighted by atomic mass is 10.0. The van der Waals surface area contributed by atoms with Gasteiger partial charge in [-0.25, -0.2) is 15.0 Å². The summed E-state index contributed by atoms with van der Waals surface area (Å²) in [6.07, 6.45) is 2.68. The first-order valence-corrected chi connectivity index (χ1v) is 8.85. The van der Waals surface area contributed by atoms with Crippen LogP contribution in [0.3, 0.4) is 0 Å². The molecule has 2 aromatic carbocycles. The van der Waals surface area contributed by atoms with Gasteiger partial charge >= 0.3 is 5.69 Å². The van der Waals surface area contributed by atoms with Gasteiger partial charge < -0.3 is 5.32 Å². The number of fused-ring (bicyclic) bond motifs is 1. The fourth-order valence-corrected chi connectivity index (χ4v) is 2.90. The number of rotatable bonds is 6. The maximum Gasteiger partial charge on any atom is 0.355 e. The van der Waals surface area contributed by atoms with Crippen molar-refractivity contribution in [1.29, 1.82) is 0 Å². The van der Waals surface area contributed by atoms with Crippen molar-refractivity contribution in [2.45, 2.75) is 0 Å². The Bertz CT molecular complexity index is 1230. The van der Waals surface area contributed by atoms with Crippen LogP contribution in [0, 0.1) is 10.1 Å². The number of benzene rings is 2. The Morgan fingerprint density at radius 1 is 0.900 bits per heavy atom. The summed E-state index contributed by atoms with van der Waals surface area (Å²) in [7, 11) is 0. The van der Waals surface area contributed by atoms with Gasteiger partial charge in [0.15, 0.2) is 0 Å². The molecule has 0 fully saturated rings. The number of amides is 1. The Morgan fingerprint density at radius 2 is 1.67 bits per heavy atom. The van der Waals surface area contributed by atoms with E-state index in [1.807, 2.05) is 30.3 Å². The predicted molar refractivity (Wildman–Crippen MR) is 111 cm³/mol. The normalized spacial score (nSPS) is 10.4. The van der Waals surface area contributed by atoms with Gasteiger partial charge in [0.05, 0.1) is 4.92 Å². The van der Waals surface area contributed by atoms with Gasteiger partial charge in [-0.1, -0.05) is 42.5 Å². The summed E-state index contributed by atoms with van der Waals surface area (Å²) >= 11 is 0. The molecule has 10 heteroatoms. The first-order chi connectivity index (χ1) is 14.6. The molecule has 0 atom stereocenters. The van der Waals surface area contributed by atoms with Crippen LogP contribution in [0.5, 0.6) is 0 Å². The van der Waals surface area contributed by atoms with E-state index in [1.54, 1.807) is 36.5 Å². The number of carbonyl (C=O) groups is 1. The van der Waals surface area contributed by atoms with E-state index < -0.39 is 16.5 Å². The second-order valence-corrected chi connectivity index (χ2v) is 6.12. The lowest BCUT2D eigenvalue weighted by molar-refractivity contribution is -0.383. The molecule has 0 bridgehead atoms. The van der Waals surface area contributed by atoms with E-state index >= 15 is 0 Å². The Balaban J connectivity index is 1.59. The van der Waals surface area contributed by atoms with E-state index in [-0.39, 0.29) is 11.6 Å². The van der Waals surface area contributed by atoms with Crippen molar-refractivity contribution in [2.24, 2.45) is 0 Å². The minimum Gasteiger partial charge on any atom is -0.319 e. The Kier molecular flexibility index (Phi) is 5.12. The molecule has 0 aliphatic heterocycles. The van der Waals surface area contributed by atoms with E-state index in [0.29, 0.717) is 11.4 Å². The zero-order valence-corrected chi connectivity index (χ0v) is 15.4. The van der Waals surface area contributed by atoms with Gasteiger partial charge in [0, 0.05) is 11.8 Å². The topological polar surface area (TPSA) is 135 Å². The second-order valence-electron chi connectivity index (χ2n) is 6.12. The maximum absolute atomic E-state index is 12.7. The molecule has 0 radical (unpaired) electrons. The number of carbonyl (C=O) groups excluding carboxylic acids is 1. The third kappa shape index (κ3) is 3.83. The average molecular weight is 401 g/mol. The van der Waals surface area contributed by atoms with Crippen molar-refractivity contribution in [3.05, 3.63) is 88.9 Å². The third-order valence-electron chi connectivity index (χ3n) is 4.24. The SMILES string of the molecule is O=C(NNc1ncnc(Nc2ccccn2)c1[N+](=O)[O-])c1cccc2ccccc12. The molecular formula is C20H15N7O3. The molecule has 30 heavy (non-hydrogen) atoms. The van der Waals surface area contributed by atoms with Crippen molar-refractivity contribution in [3.8, 4) is 0 Å². The van der Waals surface area contributed by atoms with Crippen LogP contribution in [0.15, 0.2) is 73.2 Å². The quantitative estimate of drug-likeness (QED) is 0.330. The molecule has 0 aliphatic rings. The lowest BCUT2D eigenvalue weighted by Crippen LogP contribution is -2.30. The number of hydrogen-bond donors (Lipinski definition) is 3. The van der Waals surface area contributed by atoms with Gasteiger partial charge in [-0.15, -0.1) is 0 Å². The van der Waals surface area contributed by atoms with Crippen LogP contribution in [0.25, 0.3) is 10.8 Å². The summed E-state index contributed by atoms with van der Waals surface area (Å²) in [5.74, 6) is -0.304. The molecule has 3 N–H and O–H groups in total. The van der Waals surface area contributed by atoms with Gasteiger partial charge in [0.25, 0.3) is 5.91 Å². The van der Waals surface area contributed by atoms with Gasteiger partial charge in [0.2, 0.25) is 11.6 Å². The molecule has 1 amide bonds. The van der Waals surface area contributed by atoms with Crippen LogP contribution in [0.4, 0.5) is 23.1 Å². The predicted octanol–water partition coefficient (Wildman–Crippen LogP) is 3.43. The Hall–Kier alpha value is -4.60. The van der Waals surface area contributed by atoms with Crippen LogP contribution >= 0.6 is 0 Å². The molecule has 0 spiro atoms. The summed E-state index contributed by atoms with van der Waals surface area (Å²) in [6, 6.07) is 17.8. The molecule has 2 heterocycles. The smallest absolute Gasteiger partial charge is 0.319 e. The third-order valence-corrected chi connectivity index (χ3v) is 4.24. The first-order valence-electron chi connectivity index (χ1n) is 8.85. The highest BCUT2D eigenvalue weighted by atomic mass is 16.6. The Morgan fingerprint density at radius 3 is 2.47 bits per heavy atom. The number of hydrogen-bond acceptors (Lipinski definition) is 8. The van der Waals surface area contributed by atoms with Crippen molar-refractivity contribution in [1.82, 2.24) is 20.4 Å². The monoisotopic (exact) mass is 401 g/mol. The fraction of sp³-hybridized carbons (Fsp3) is 0. The number of anilines is 3. The molecule has 0 unspecified atom stereocenters. The van der Waals surface area contributed by atoms with E-state index in [4.69, 9.17) is 0 Å². The van der Waals surface area contributed by atoms with E-state index in [9.17, 15) is 14.9 Å². The average Bonchev–Trinajstić information content (AvgIpc) is 2.77. The van der Waals surface area contributed by atoms with Gasteiger partial charge in [-0.2, -0.15) is 0 Å². The highest BCUT2D eigenvalue weighted by Gasteiger charge is 2.24. The summed E-state index contributed by atoms with van der Waals surface area (Å²) in [6.45, 7) is 0. The van der Waals surface area contributed by atoms with Crippen LogP contribution in [0.2, 0.25) is 0 Å². The highest BCUT2D eigenvalue weighted by molar-refractivity contribution is 6.07. The lowest BCUT2D eigenvalue weighted by Gasteiger charge is -2.11. The van der Waals surface area contributed by atoms with Crippen LogP contribution in [-0.2, 0) is 0 Å². The molecule has 4 aromatic rings. The summed E-state index contributed by atoms with van der Waals surface area (Å²) in [5.41, 5.74) is 4.99. The molecule has 2 aromatic heterocycles. The molecular weight excluding hydrogens is 386 g/mol. The fourth-order valence-electron chi connectivity index (χ4n) is 2.90. The highest BCUT2D eigenvalue weighted by Crippen LogP contribution is 2.30.